The Hall–Kier alpha value is -1.97. The number of benzene rings is 1. The third kappa shape index (κ3) is 3.74. The minimum atomic E-state index is -3.80. The quantitative estimate of drug-likeness (QED) is 0.648. The van der Waals surface area contributed by atoms with E-state index in [1.807, 2.05) is 24.3 Å². The molecule has 2 aromatic heterocycles. The molecule has 0 saturated heterocycles. The van der Waals surface area contributed by atoms with Gasteiger partial charge in [0.2, 0.25) is 9.30 Å². The molecule has 0 unspecified atom stereocenters. The minimum absolute atomic E-state index is 0.146. The number of hydrogen-bond acceptors (Lipinski definition) is 6. The van der Waals surface area contributed by atoms with Gasteiger partial charge in [-0.2, -0.15) is 0 Å². The lowest BCUT2D eigenvalue weighted by Crippen LogP contribution is -2.12. The first-order valence-corrected chi connectivity index (χ1v) is 9.96. The number of nitrogens with two attached hydrogens (primary N) is 1. The third-order valence-electron chi connectivity index (χ3n) is 3.43. The molecule has 7 nitrogen and oxygen atoms in total. The van der Waals surface area contributed by atoms with Crippen molar-refractivity contribution in [1.29, 1.82) is 0 Å². The van der Waals surface area contributed by atoms with Crippen LogP contribution < -0.4 is 9.88 Å². The van der Waals surface area contributed by atoms with Gasteiger partial charge in [0.25, 0.3) is 10.0 Å². The van der Waals surface area contributed by atoms with Gasteiger partial charge in [-0.05, 0) is 30.7 Å². The normalized spacial score (nSPS) is 11.9. The van der Waals surface area contributed by atoms with Crippen LogP contribution in [-0.4, -0.2) is 29.6 Å². The van der Waals surface area contributed by atoms with E-state index in [2.05, 4.69) is 17.0 Å². The summed E-state index contributed by atoms with van der Waals surface area (Å²) in [5, 5.41) is 9.01. The van der Waals surface area contributed by atoms with Crippen LogP contribution in [0.5, 0.6) is 5.75 Å². The number of primary sulfonamides is 1. The van der Waals surface area contributed by atoms with Crippen LogP contribution >= 0.6 is 11.3 Å². The number of aromatic nitrogens is 3. The molecule has 2 N–H and O–H groups in total. The molecular formula is C15H18N4O3S2. The molecule has 0 aliphatic heterocycles. The third-order valence-corrected chi connectivity index (χ3v) is 5.67. The van der Waals surface area contributed by atoms with Crippen LogP contribution in [0.3, 0.4) is 0 Å². The molecule has 24 heavy (non-hydrogen) atoms. The zero-order chi connectivity index (χ0) is 17.2. The molecule has 0 amide bonds. The Labute approximate surface area is 144 Å². The molecule has 3 rings (SSSR count). The second-order valence-electron chi connectivity index (χ2n) is 5.35. The summed E-state index contributed by atoms with van der Waals surface area (Å²) in [5.41, 5.74) is 1.62. The maximum Gasteiger partial charge on any atom is 0.267 e. The number of imidazole rings is 1. The van der Waals surface area contributed by atoms with Crippen molar-refractivity contribution in [2.75, 3.05) is 6.61 Å². The maximum atomic E-state index is 11.3. The number of hydrogen-bond donors (Lipinski definition) is 1. The molecule has 0 bridgehead atoms. The van der Waals surface area contributed by atoms with Gasteiger partial charge in [-0.3, -0.25) is 0 Å². The fraction of sp³-hybridized carbons (Fsp3) is 0.333. The molecule has 0 aliphatic rings. The Morgan fingerprint density at radius 2 is 2.00 bits per heavy atom. The van der Waals surface area contributed by atoms with E-state index < -0.39 is 10.0 Å². The van der Waals surface area contributed by atoms with Gasteiger partial charge in [0.1, 0.15) is 5.75 Å². The van der Waals surface area contributed by atoms with Crippen molar-refractivity contribution in [2.45, 2.75) is 30.5 Å². The second kappa shape index (κ2) is 6.88. The van der Waals surface area contributed by atoms with Crippen LogP contribution in [0.2, 0.25) is 0 Å². The molecule has 0 aliphatic carbocycles. The standard InChI is InChI=1S/C15H18N4O3S2/c1-2-3-4-9-22-12-7-5-11(6-8-12)13-10-19-14(17-13)23-15(18-19)24(16,20)21/h5-8,10H,2-4,9H2,1H3,(H2,16,20,21). The van der Waals surface area contributed by atoms with Crippen LogP contribution in [0.25, 0.3) is 16.2 Å². The molecule has 0 fully saturated rings. The average molecular weight is 366 g/mol. The summed E-state index contributed by atoms with van der Waals surface area (Å²) in [6.07, 6.45) is 5.06. The fourth-order valence-electron chi connectivity index (χ4n) is 2.20. The monoisotopic (exact) mass is 366 g/mol. The number of rotatable bonds is 7. The summed E-state index contributed by atoms with van der Waals surface area (Å²) in [5.74, 6) is 0.825. The zero-order valence-electron chi connectivity index (χ0n) is 13.2. The Morgan fingerprint density at radius 1 is 1.25 bits per heavy atom. The molecule has 128 valence electrons. The molecule has 2 heterocycles. The van der Waals surface area contributed by atoms with Gasteiger partial charge in [0.15, 0.2) is 0 Å². The van der Waals surface area contributed by atoms with Gasteiger partial charge in [-0.1, -0.05) is 31.1 Å². The molecular weight excluding hydrogens is 348 g/mol. The van der Waals surface area contributed by atoms with Crippen molar-refractivity contribution in [1.82, 2.24) is 14.6 Å². The van der Waals surface area contributed by atoms with Gasteiger partial charge < -0.3 is 4.74 Å². The Kier molecular flexibility index (Phi) is 4.83. The summed E-state index contributed by atoms with van der Waals surface area (Å²) in [6, 6.07) is 7.64. The van der Waals surface area contributed by atoms with Crippen molar-refractivity contribution in [3.05, 3.63) is 30.5 Å². The minimum Gasteiger partial charge on any atom is -0.494 e. The molecule has 9 heteroatoms. The summed E-state index contributed by atoms with van der Waals surface area (Å²) in [7, 11) is -3.80. The van der Waals surface area contributed by atoms with Gasteiger partial charge in [0, 0.05) is 5.56 Å². The van der Waals surface area contributed by atoms with E-state index in [1.165, 1.54) is 10.9 Å². The molecule has 0 spiro atoms. The highest BCUT2D eigenvalue weighted by atomic mass is 32.2. The molecule has 3 aromatic rings. The van der Waals surface area contributed by atoms with Crippen LogP contribution in [0, 0.1) is 0 Å². The number of nitrogens with zero attached hydrogens (tertiary/aromatic N) is 3. The van der Waals surface area contributed by atoms with Gasteiger partial charge in [-0.15, -0.1) is 5.10 Å². The lowest BCUT2D eigenvalue weighted by atomic mass is 10.2. The van der Waals surface area contributed by atoms with Gasteiger partial charge in [-0.25, -0.2) is 23.1 Å². The largest absolute Gasteiger partial charge is 0.494 e. The number of fused-ring (bicyclic) bond motifs is 1. The SMILES string of the molecule is CCCCCOc1ccc(-c2cn3nc(S(N)(=O)=O)sc3n2)cc1. The summed E-state index contributed by atoms with van der Waals surface area (Å²) in [4.78, 5) is 4.87. The number of ether oxygens (including phenoxy) is 1. The predicted molar refractivity (Wildman–Crippen MR) is 92.7 cm³/mol. The van der Waals surface area contributed by atoms with Crippen LogP contribution in [0.1, 0.15) is 26.2 Å². The first kappa shape index (κ1) is 16.9. The van der Waals surface area contributed by atoms with E-state index in [-0.39, 0.29) is 4.34 Å². The highest BCUT2D eigenvalue weighted by molar-refractivity contribution is 7.91. The highest BCUT2D eigenvalue weighted by Crippen LogP contribution is 2.25. The first-order chi connectivity index (χ1) is 11.5. The van der Waals surface area contributed by atoms with Crippen molar-refractivity contribution < 1.29 is 13.2 Å². The maximum absolute atomic E-state index is 11.3. The van der Waals surface area contributed by atoms with Crippen molar-refractivity contribution in [3.8, 4) is 17.0 Å². The van der Waals surface area contributed by atoms with Crippen LogP contribution in [0.15, 0.2) is 34.8 Å². The lowest BCUT2D eigenvalue weighted by molar-refractivity contribution is 0.306. The average Bonchev–Trinajstić information content (AvgIpc) is 3.10. The van der Waals surface area contributed by atoms with E-state index in [9.17, 15) is 8.42 Å². The second-order valence-corrected chi connectivity index (χ2v) is 8.04. The van der Waals surface area contributed by atoms with Crippen molar-refractivity contribution >= 4 is 26.3 Å². The lowest BCUT2D eigenvalue weighted by Gasteiger charge is -2.06. The molecule has 1 aromatic carbocycles. The van der Waals surface area contributed by atoms with E-state index in [0.29, 0.717) is 17.3 Å². The van der Waals surface area contributed by atoms with Gasteiger partial charge >= 0.3 is 0 Å². The Morgan fingerprint density at radius 3 is 2.62 bits per heavy atom. The summed E-state index contributed by atoms with van der Waals surface area (Å²) >= 11 is 0.942. The summed E-state index contributed by atoms with van der Waals surface area (Å²) in [6.45, 7) is 2.87. The molecule has 0 radical (unpaired) electrons. The Bertz CT molecular complexity index is 898. The number of sulfonamides is 1. The van der Waals surface area contributed by atoms with E-state index in [4.69, 9.17) is 9.88 Å². The van der Waals surface area contributed by atoms with Crippen molar-refractivity contribution in [3.63, 3.8) is 0 Å². The Balaban J connectivity index is 1.74. The molecule has 0 atom stereocenters. The highest BCUT2D eigenvalue weighted by Gasteiger charge is 2.17. The zero-order valence-corrected chi connectivity index (χ0v) is 14.8. The van der Waals surface area contributed by atoms with Crippen molar-refractivity contribution in [2.24, 2.45) is 5.14 Å². The van der Waals surface area contributed by atoms with Gasteiger partial charge in [0.05, 0.1) is 18.5 Å². The van der Waals surface area contributed by atoms with E-state index in [0.717, 1.165) is 35.5 Å². The topological polar surface area (TPSA) is 99.6 Å². The molecule has 0 saturated carbocycles. The first-order valence-electron chi connectivity index (χ1n) is 7.59. The number of unbranched alkanes of at least 4 members (excludes halogenated alkanes) is 2. The predicted octanol–water partition coefficient (Wildman–Crippen LogP) is 2.67. The van der Waals surface area contributed by atoms with Crippen LogP contribution in [0.4, 0.5) is 0 Å². The van der Waals surface area contributed by atoms with E-state index in [1.54, 1.807) is 6.20 Å². The summed E-state index contributed by atoms with van der Waals surface area (Å²) < 4.78 is 29.5. The fourth-order valence-corrected chi connectivity index (χ4v) is 3.71. The van der Waals surface area contributed by atoms with Crippen LogP contribution in [-0.2, 0) is 10.0 Å². The smallest absolute Gasteiger partial charge is 0.267 e. The van der Waals surface area contributed by atoms with E-state index >= 15 is 0 Å².